The van der Waals surface area contributed by atoms with E-state index >= 15 is 0 Å². The fourth-order valence-corrected chi connectivity index (χ4v) is 2.14. The molecule has 0 spiro atoms. The van der Waals surface area contributed by atoms with Gasteiger partial charge in [-0.3, -0.25) is 0 Å². The quantitative estimate of drug-likeness (QED) is 0.478. The Hall–Kier alpha value is -0.520. The van der Waals surface area contributed by atoms with Gasteiger partial charge in [0.05, 0.1) is 0 Å². The first-order valence-corrected chi connectivity index (χ1v) is 4.26. The van der Waals surface area contributed by atoms with Crippen molar-refractivity contribution in [2.45, 2.75) is 26.2 Å². The fraction of sp³-hybridized carbons (Fsp3) is 0.600. The topological polar surface area (TPSA) is 0 Å². The van der Waals surface area contributed by atoms with E-state index in [4.69, 9.17) is 0 Å². The third-order valence-corrected chi connectivity index (χ3v) is 2.78. The van der Waals surface area contributed by atoms with Gasteiger partial charge in [-0.2, -0.15) is 0 Å². The van der Waals surface area contributed by atoms with Crippen LogP contribution in [-0.4, -0.2) is 0 Å². The van der Waals surface area contributed by atoms with Crippen LogP contribution in [-0.2, 0) is 0 Å². The molecular weight excluding hydrogens is 120 g/mol. The molecule has 0 amide bonds. The summed E-state index contributed by atoms with van der Waals surface area (Å²) in [6.45, 7) is 2.35. The van der Waals surface area contributed by atoms with Gasteiger partial charge in [0.25, 0.3) is 0 Å². The summed E-state index contributed by atoms with van der Waals surface area (Å²) >= 11 is 0. The van der Waals surface area contributed by atoms with Gasteiger partial charge in [-0.15, -0.1) is 0 Å². The summed E-state index contributed by atoms with van der Waals surface area (Å²) in [6, 6.07) is 0. The molecule has 54 valence electrons. The lowest BCUT2D eigenvalue weighted by molar-refractivity contribution is 0.434. The van der Waals surface area contributed by atoms with Crippen LogP contribution in [0.4, 0.5) is 0 Å². The molecule has 0 aliphatic heterocycles. The monoisotopic (exact) mass is 134 g/mol. The van der Waals surface area contributed by atoms with Gasteiger partial charge in [-0.1, -0.05) is 37.1 Å². The molecule has 2 aliphatic rings. The molecule has 1 fully saturated rings. The zero-order valence-electron chi connectivity index (χ0n) is 6.51. The highest BCUT2D eigenvalue weighted by Crippen LogP contribution is 2.37. The molecule has 0 aromatic rings. The maximum Gasteiger partial charge on any atom is -0.00144 e. The minimum Gasteiger partial charge on any atom is -0.0773 e. The first-order valence-electron chi connectivity index (χ1n) is 4.26. The van der Waals surface area contributed by atoms with Gasteiger partial charge < -0.3 is 0 Å². The van der Waals surface area contributed by atoms with Crippen molar-refractivity contribution >= 4 is 0 Å². The molecule has 0 nitrogen and oxygen atoms in total. The average molecular weight is 134 g/mol. The van der Waals surface area contributed by atoms with Crippen molar-refractivity contribution in [2.24, 2.45) is 11.8 Å². The van der Waals surface area contributed by atoms with Gasteiger partial charge in [0, 0.05) is 0 Å². The summed E-state index contributed by atoms with van der Waals surface area (Å²) in [6.07, 6.45) is 11.1. The highest BCUT2D eigenvalue weighted by atomic mass is 14.3. The molecule has 0 heterocycles. The third-order valence-electron chi connectivity index (χ3n) is 2.78. The lowest BCUT2D eigenvalue weighted by Gasteiger charge is -2.25. The number of fused-ring (bicyclic) bond motifs is 1. The minimum absolute atomic E-state index is 0.823. The highest BCUT2D eigenvalue weighted by Gasteiger charge is 2.23. The minimum atomic E-state index is 0.823. The van der Waals surface area contributed by atoms with Crippen molar-refractivity contribution < 1.29 is 0 Å². The first kappa shape index (κ1) is 6.21. The van der Waals surface area contributed by atoms with Crippen molar-refractivity contribution in [3.05, 3.63) is 23.8 Å². The molecule has 2 atom stereocenters. The first-order chi connectivity index (χ1) is 4.88. The van der Waals surface area contributed by atoms with E-state index in [-0.39, 0.29) is 0 Å². The Morgan fingerprint density at radius 2 is 2.30 bits per heavy atom. The van der Waals surface area contributed by atoms with Crippen molar-refractivity contribution in [3.63, 3.8) is 0 Å². The van der Waals surface area contributed by atoms with E-state index in [1.165, 1.54) is 19.3 Å². The standard InChI is InChI=1S/C10H14/c1-8-4-2-5-9-6-3-7-10(8)9/h3,6-9H,2,4-5H2,1H3. The summed E-state index contributed by atoms with van der Waals surface area (Å²) in [5.41, 5.74) is 1.69. The molecule has 0 bridgehead atoms. The lowest BCUT2D eigenvalue weighted by atomic mass is 9.80. The summed E-state index contributed by atoms with van der Waals surface area (Å²) in [5.74, 6) is 1.68. The highest BCUT2D eigenvalue weighted by molar-refractivity contribution is 5.30. The SMILES string of the molecule is CC1CCCC2C=CC=C12. The molecule has 0 aromatic heterocycles. The summed E-state index contributed by atoms with van der Waals surface area (Å²) < 4.78 is 0. The van der Waals surface area contributed by atoms with Crippen molar-refractivity contribution in [3.8, 4) is 0 Å². The predicted molar refractivity (Wildman–Crippen MR) is 43.7 cm³/mol. The Kier molecular flexibility index (Phi) is 1.40. The molecule has 0 N–H and O–H groups in total. The zero-order valence-corrected chi connectivity index (χ0v) is 6.51. The second kappa shape index (κ2) is 2.26. The molecular formula is C10H14. The van der Waals surface area contributed by atoms with Crippen molar-refractivity contribution in [1.29, 1.82) is 0 Å². The smallest absolute Gasteiger partial charge is 0.00144 e. The number of hydrogen-bond donors (Lipinski definition) is 0. The van der Waals surface area contributed by atoms with E-state index in [9.17, 15) is 0 Å². The lowest BCUT2D eigenvalue weighted by Crippen LogP contribution is -2.13. The molecule has 10 heavy (non-hydrogen) atoms. The van der Waals surface area contributed by atoms with Crippen LogP contribution in [0.2, 0.25) is 0 Å². The molecule has 0 radical (unpaired) electrons. The molecule has 2 rings (SSSR count). The van der Waals surface area contributed by atoms with E-state index in [1.54, 1.807) is 5.57 Å². The Labute approximate surface area is 62.6 Å². The van der Waals surface area contributed by atoms with E-state index in [2.05, 4.69) is 25.2 Å². The molecule has 1 saturated carbocycles. The second-order valence-corrected chi connectivity index (χ2v) is 3.49. The number of allylic oxidation sites excluding steroid dienone is 4. The summed E-state index contributed by atoms with van der Waals surface area (Å²) in [5, 5.41) is 0. The van der Waals surface area contributed by atoms with Crippen molar-refractivity contribution in [2.75, 3.05) is 0 Å². The van der Waals surface area contributed by atoms with Gasteiger partial charge in [0.15, 0.2) is 0 Å². The van der Waals surface area contributed by atoms with Gasteiger partial charge in [-0.25, -0.2) is 0 Å². The molecule has 0 heteroatoms. The maximum absolute atomic E-state index is 2.35. The van der Waals surface area contributed by atoms with Crippen LogP contribution in [0.25, 0.3) is 0 Å². The Morgan fingerprint density at radius 1 is 1.40 bits per heavy atom. The molecule has 2 aliphatic carbocycles. The average Bonchev–Trinajstić information content (AvgIpc) is 2.36. The Bertz CT molecular complexity index is 186. The van der Waals surface area contributed by atoms with Gasteiger partial charge in [0.1, 0.15) is 0 Å². The summed E-state index contributed by atoms with van der Waals surface area (Å²) in [7, 11) is 0. The van der Waals surface area contributed by atoms with Crippen LogP contribution in [0.15, 0.2) is 23.8 Å². The van der Waals surface area contributed by atoms with Crippen LogP contribution >= 0.6 is 0 Å². The van der Waals surface area contributed by atoms with E-state index < -0.39 is 0 Å². The predicted octanol–water partition coefficient (Wildman–Crippen LogP) is 2.92. The van der Waals surface area contributed by atoms with Crippen molar-refractivity contribution in [1.82, 2.24) is 0 Å². The summed E-state index contributed by atoms with van der Waals surface area (Å²) in [4.78, 5) is 0. The van der Waals surface area contributed by atoms with Gasteiger partial charge >= 0.3 is 0 Å². The second-order valence-electron chi connectivity index (χ2n) is 3.49. The largest absolute Gasteiger partial charge is 0.0773 e. The molecule has 2 unspecified atom stereocenters. The third kappa shape index (κ3) is 0.828. The van der Waals surface area contributed by atoms with Crippen LogP contribution < -0.4 is 0 Å². The zero-order chi connectivity index (χ0) is 6.97. The van der Waals surface area contributed by atoms with Gasteiger partial charge in [-0.05, 0) is 24.7 Å². The number of rotatable bonds is 0. The van der Waals surface area contributed by atoms with E-state index in [0.717, 1.165) is 11.8 Å². The normalized spacial score (nSPS) is 37.5. The van der Waals surface area contributed by atoms with Gasteiger partial charge in [0.2, 0.25) is 0 Å². The number of hydrogen-bond acceptors (Lipinski definition) is 0. The molecule has 0 aromatic carbocycles. The molecule has 0 saturated heterocycles. The van der Waals surface area contributed by atoms with Crippen LogP contribution in [0.1, 0.15) is 26.2 Å². The van der Waals surface area contributed by atoms with Crippen LogP contribution in [0.5, 0.6) is 0 Å². The maximum atomic E-state index is 2.35. The van der Waals surface area contributed by atoms with E-state index in [0.29, 0.717) is 0 Å². The Balaban J connectivity index is 2.20. The Morgan fingerprint density at radius 3 is 3.10 bits per heavy atom. The van der Waals surface area contributed by atoms with E-state index in [1.807, 2.05) is 0 Å². The van der Waals surface area contributed by atoms with Crippen LogP contribution in [0, 0.1) is 11.8 Å². The fourth-order valence-electron chi connectivity index (χ4n) is 2.14. The van der Waals surface area contributed by atoms with Crippen LogP contribution in [0.3, 0.4) is 0 Å².